The van der Waals surface area contributed by atoms with Gasteiger partial charge < -0.3 is 14.8 Å². The highest BCUT2D eigenvalue weighted by molar-refractivity contribution is 5.35. The molecule has 3 atom stereocenters. The zero-order chi connectivity index (χ0) is 32.2. The number of aromatic amines is 1. The van der Waals surface area contributed by atoms with Crippen molar-refractivity contribution in [2.75, 3.05) is 13.2 Å². The van der Waals surface area contributed by atoms with Crippen molar-refractivity contribution in [3.05, 3.63) is 123 Å². The number of alkyl halides is 6. The summed E-state index contributed by atoms with van der Waals surface area (Å²) in [5.41, 5.74) is -2.43. The second kappa shape index (κ2) is 13.2. The molecule has 2 heterocycles. The van der Waals surface area contributed by atoms with Crippen LogP contribution in [0.5, 0.6) is 0 Å². The monoisotopic (exact) mass is 634 g/mol. The molecule has 45 heavy (non-hydrogen) atoms. The van der Waals surface area contributed by atoms with Gasteiger partial charge in [-0.15, -0.1) is 0 Å². The van der Waals surface area contributed by atoms with Gasteiger partial charge in [-0.1, -0.05) is 60.7 Å². The van der Waals surface area contributed by atoms with Crippen molar-refractivity contribution in [2.24, 2.45) is 0 Å². The van der Waals surface area contributed by atoms with E-state index in [1.165, 1.54) is 6.92 Å². The number of nitrogens with one attached hydrogen (secondary N) is 2. The van der Waals surface area contributed by atoms with Gasteiger partial charge in [0.25, 0.3) is 0 Å². The molecule has 1 fully saturated rings. The van der Waals surface area contributed by atoms with E-state index in [-0.39, 0.29) is 36.6 Å². The molecule has 0 bridgehead atoms. The minimum atomic E-state index is -4.96. The average molecular weight is 635 g/mol. The van der Waals surface area contributed by atoms with Gasteiger partial charge in [-0.2, -0.15) is 31.4 Å². The van der Waals surface area contributed by atoms with Crippen LogP contribution in [-0.4, -0.2) is 27.9 Å². The molecule has 0 aliphatic carbocycles. The number of nitrogens with zero attached hydrogens (tertiary/aromatic N) is 2. The number of benzene rings is 3. The third-order valence-electron chi connectivity index (χ3n) is 8.05. The Hall–Kier alpha value is -3.94. The van der Waals surface area contributed by atoms with Crippen LogP contribution in [0.1, 0.15) is 65.6 Å². The maximum absolute atomic E-state index is 13.5. The van der Waals surface area contributed by atoms with E-state index in [2.05, 4.69) is 15.5 Å². The number of H-pyrrole nitrogens is 1. The first-order valence-electron chi connectivity index (χ1n) is 14.3. The number of halogens is 6. The maximum atomic E-state index is 13.5. The van der Waals surface area contributed by atoms with Crippen LogP contribution in [0.3, 0.4) is 0 Å². The van der Waals surface area contributed by atoms with Gasteiger partial charge in [-0.25, -0.2) is 9.89 Å². The molecule has 13 heteroatoms. The number of rotatable bonds is 10. The summed E-state index contributed by atoms with van der Waals surface area (Å²) in [7, 11) is 0. The molecule has 4 aromatic rings. The Balaban J connectivity index is 1.32. The Bertz CT molecular complexity index is 1580. The lowest BCUT2D eigenvalue weighted by atomic mass is 9.81. The third kappa shape index (κ3) is 7.66. The van der Waals surface area contributed by atoms with Crippen molar-refractivity contribution in [1.82, 2.24) is 20.1 Å². The molecular weight excluding hydrogens is 602 g/mol. The molecule has 5 rings (SSSR count). The summed E-state index contributed by atoms with van der Waals surface area (Å²) in [4.78, 5) is 12.7. The summed E-state index contributed by atoms with van der Waals surface area (Å²) in [6.45, 7) is 2.14. The first-order chi connectivity index (χ1) is 21.4. The van der Waals surface area contributed by atoms with E-state index in [9.17, 15) is 31.1 Å². The summed E-state index contributed by atoms with van der Waals surface area (Å²) < 4.78 is 94.1. The van der Waals surface area contributed by atoms with Crippen LogP contribution in [-0.2, 0) is 40.6 Å². The summed E-state index contributed by atoms with van der Waals surface area (Å²) >= 11 is 0. The van der Waals surface area contributed by atoms with Gasteiger partial charge >= 0.3 is 18.0 Å². The topological polar surface area (TPSA) is 81.2 Å². The molecule has 7 nitrogen and oxygen atoms in total. The SMILES string of the molecule is C[C@@H](OC[C@@]1(c2ccccc2)CCC(n2c(COCc3ccccc3)n[nH]c2=O)CN1)c1cc(C(F)(F)F)cc(C(F)(F)F)c1. The van der Waals surface area contributed by atoms with Crippen LogP contribution in [0.15, 0.2) is 83.7 Å². The van der Waals surface area contributed by atoms with Gasteiger partial charge in [-0.3, -0.25) is 4.57 Å². The lowest BCUT2D eigenvalue weighted by Crippen LogP contribution is -2.53. The minimum Gasteiger partial charge on any atom is -0.372 e. The molecule has 0 saturated carbocycles. The van der Waals surface area contributed by atoms with Crippen molar-refractivity contribution >= 4 is 0 Å². The smallest absolute Gasteiger partial charge is 0.372 e. The first-order valence-corrected chi connectivity index (χ1v) is 14.3. The summed E-state index contributed by atoms with van der Waals surface area (Å²) in [5, 5.41) is 10.1. The standard InChI is InChI=1S/C32H32F6N4O3/c1-21(23-14-25(31(33,34)35)16-26(15-23)32(36,37)38)45-20-30(24-10-6-3-7-11-24)13-12-27(17-39-30)42-28(40-41-29(42)43)19-44-18-22-8-4-2-5-9-22/h2-11,14-16,21,27,39H,12-13,17-20H2,1H3,(H,41,43)/t21-,27?,30-/m1/s1. The lowest BCUT2D eigenvalue weighted by molar-refractivity contribution is -0.143. The molecule has 1 aliphatic heterocycles. The second-order valence-electron chi connectivity index (χ2n) is 11.1. The highest BCUT2D eigenvalue weighted by Crippen LogP contribution is 2.39. The van der Waals surface area contributed by atoms with Gasteiger partial charge in [0.2, 0.25) is 0 Å². The van der Waals surface area contributed by atoms with E-state index in [4.69, 9.17) is 9.47 Å². The van der Waals surface area contributed by atoms with Crippen LogP contribution in [0.2, 0.25) is 0 Å². The Morgan fingerprint density at radius 3 is 2.13 bits per heavy atom. The Morgan fingerprint density at radius 1 is 0.933 bits per heavy atom. The fourth-order valence-electron chi connectivity index (χ4n) is 5.57. The van der Waals surface area contributed by atoms with Gasteiger partial charge in [-0.05, 0) is 54.7 Å². The Morgan fingerprint density at radius 2 is 1.56 bits per heavy atom. The normalized spacial score (nSPS) is 19.8. The van der Waals surface area contributed by atoms with Crippen LogP contribution < -0.4 is 11.0 Å². The largest absolute Gasteiger partial charge is 0.416 e. The molecule has 1 aromatic heterocycles. The Labute approximate surface area is 255 Å². The molecule has 2 N–H and O–H groups in total. The quantitative estimate of drug-likeness (QED) is 0.185. The predicted molar refractivity (Wildman–Crippen MR) is 153 cm³/mol. The van der Waals surface area contributed by atoms with Gasteiger partial charge in [0.1, 0.15) is 6.61 Å². The highest BCUT2D eigenvalue weighted by Gasteiger charge is 2.40. The highest BCUT2D eigenvalue weighted by atomic mass is 19.4. The van der Waals surface area contributed by atoms with Crippen LogP contribution in [0.25, 0.3) is 0 Å². The summed E-state index contributed by atoms with van der Waals surface area (Å²) in [6, 6.07) is 20.0. The van der Waals surface area contributed by atoms with E-state index < -0.39 is 35.1 Å². The molecule has 0 spiro atoms. The molecule has 240 valence electrons. The molecular formula is C32H32F6N4O3. The minimum absolute atomic E-state index is 0.0458. The number of hydrogen-bond acceptors (Lipinski definition) is 5. The van der Waals surface area contributed by atoms with E-state index in [0.29, 0.717) is 44.0 Å². The molecule has 0 amide bonds. The van der Waals surface area contributed by atoms with E-state index in [1.54, 1.807) is 4.57 Å². The van der Waals surface area contributed by atoms with E-state index in [1.807, 2.05) is 60.7 Å². The molecule has 0 radical (unpaired) electrons. The van der Waals surface area contributed by atoms with Gasteiger partial charge in [0, 0.05) is 6.54 Å². The lowest BCUT2D eigenvalue weighted by Gasteiger charge is -2.42. The number of ether oxygens (including phenoxy) is 2. The van der Waals surface area contributed by atoms with Crippen molar-refractivity contribution in [2.45, 2.75) is 63.0 Å². The second-order valence-corrected chi connectivity index (χ2v) is 11.1. The van der Waals surface area contributed by atoms with Crippen LogP contribution in [0, 0.1) is 0 Å². The summed E-state index contributed by atoms with van der Waals surface area (Å²) in [5.74, 6) is 0.435. The van der Waals surface area contributed by atoms with Crippen molar-refractivity contribution < 1.29 is 35.8 Å². The maximum Gasteiger partial charge on any atom is 0.416 e. The molecule has 1 aliphatic rings. The van der Waals surface area contributed by atoms with Crippen molar-refractivity contribution in [3.8, 4) is 0 Å². The third-order valence-corrected chi connectivity index (χ3v) is 8.05. The molecule has 3 aromatic carbocycles. The number of aromatic nitrogens is 3. The first kappa shape index (κ1) is 32.5. The van der Waals surface area contributed by atoms with Gasteiger partial charge in [0.15, 0.2) is 5.82 Å². The molecule has 1 unspecified atom stereocenters. The zero-order valence-corrected chi connectivity index (χ0v) is 24.3. The van der Waals surface area contributed by atoms with Crippen LogP contribution >= 0.6 is 0 Å². The van der Waals surface area contributed by atoms with E-state index in [0.717, 1.165) is 11.1 Å². The molecule has 1 saturated heterocycles. The number of piperidine rings is 1. The predicted octanol–water partition coefficient (Wildman–Crippen LogP) is 6.92. The van der Waals surface area contributed by atoms with Crippen molar-refractivity contribution in [3.63, 3.8) is 0 Å². The van der Waals surface area contributed by atoms with Gasteiger partial charge in [0.05, 0.1) is 42.0 Å². The van der Waals surface area contributed by atoms with Crippen LogP contribution in [0.4, 0.5) is 26.3 Å². The zero-order valence-electron chi connectivity index (χ0n) is 24.3. The van der Waals surface area contributed by atoms with Crippen molar-refractivity contribution in [1.29, 1.82) is 0 Å². The van der Waals surface area contributed by atoms with E-state index >= 15 is 0 Å². The number of hydrogen-bond donors (Lipinski definition) is 2. The average Bonchev–Trinajstić information content (AvgIpc) is 3.39. The fraction of sp³-hybridized carbons (Fsp3) is 0.375. The summed E-state index contributed by atoms with van der Waals surface area (Å²) in [6.07, 6.45) is -10.0. The fourth-order valence-corrected chi connectivity index (χ4v) is 5.57. The Kier molecular flexibility index (Phi) is 9.52.